The molecular formula is C24H28O6. The molecule has 0 aromatic heterocycles. The zero-order valence-corrected chi connectivity index (χ0v) is 17.6. The molecule has 0 N–H and O–H groups in total. The van der Waals surface area contributed by atoms with Gasteiger partial charge in [0.05, 0.1) is 6.61 Å². The maximum absolute atomic E-state index is 13.5. The van der Waals surface area contributed by atoms with Crippen molar-refractivity contribution in [3.8, 4) is 0 Å². The smallest absolute Gasteiger partial charge is 0.361 e. The molecule has 0 aliphatic carbocycles. The first-order chi connectivity index (χ1) is 14.5. The van der Waals surface area contributed by atoms with Crippen molar-refractivity contribution in [1.29, 1.82) is 0 Å². The van der Waals surface area contributed by atoms with Gasteiger partial charge in [0, 0.05) is 17.5 Å². The summed E-state index contributed by atoms with van der Waals surface area (Å²) < 4.78 is 16.4. The number of benzene rings is 2. The van der Waals surface area contributed by atoms with Gasteiger partial charge in [-0.05, 0) is 13.3 Å². The van der Waals surface area contributed by atoms with E-state index in [9.17, 15) is 14.4 Å². The lowest BCUT2D eigenvalue weighted by atomic mass is 9.85. The summed E-state index contributed by atoms with van der Waals surface area (Å²) in [6, 6.07) is 17.3. The van der Waals surface area contributed by atoms with Crippen LogP contribution in [0, 0.1) is 0 Å². The summed E-state index contributed by atoms with van der Waals surface area (Å²) >= 11 is 0. The predicted octanol–water partition coefficient (Wildman–Crippen LogP) is 4.16. The molecule has 0 aliphatic heterocycles. The third-order valence-electron chi connectivity index (χ3n) is 4.56. The van der Waals surface area contributed by atoms with E-state index in [1.54, 1.807) is 67.6 Å². The first kappa shape index (κ1) is 23.1. The van der Waals surface area contributed by atoms with Crippen molar-refractivity contribution < 1.29 is 28.6 Å². The van der Waals surface area contributed by atoms with Crippen molar-refractivity contribution >= 4 is 17.9 Å². The van der Waals surface area contributed by atoms with Crippen LogP contribution >= 0.6 is 0 Å². The van der Waals surface area contributed by atoms with Gasteiger partial charge in [-0.1, -0.05) is 80.9 Å². The van der Waals surface area contributed by atoms with Crippen LogP contribution in [0.3, 0.4) is 0 Å². The molecule has 1 atom stereocenters. The number of hydrogen-bond donors (Lipinski definition) is 0. The highest BCUT2D eigenvalue weighted by atomic mass is 16.6. The molecule has 0 saturated carbocycles. The van der Waals surface area contributed by atoms with Crippen LogP contribution < -0.4 is 0 Å². The number of carbonyl (C=O) groups excluding carboxylic acids is 3. The predicted molar refractivity (Wildman–Crippen MR) is 111 cm³/mol. The molecule has 0 spiro atoms. The van der Waals surface area contributed by atoms with Crippen LogP contribution in [-0.4, -0.2) is 30.6 Å². The Hall–Kier alpha value is -3.15. The van der Waals surface area contributed by atoms with E-state index in [1.807, 2.05) is 6.92 Å². The number of hydrogen-bond acceptors (Lipinski definition) is 6. The second kappa shape index (κ2) is 11.1. The van der Waals surface area contributed by atoms with E-state index >= 15 is 0 Å². The first-order valence-corrected chi connectivity index (χ1v) is 10.2. The van der Waals surface area contributed by atoms with Crippen LogP contribution in [0.5, 0.6) is 0 Å². The molecule has 2 aromatic carbocycles. The van der Waals surface area contributed by atoms with Crippen molar-refractivity contribution in [3.63, 3.8) is 0 Å². The van der Waals surface area contributed by atoms with Crippen molar-refractivity contribution in [2.24, 2.45) is 0 Å². The Morgan fingerprint density at radius 2 is 1.43 bits per heavy atom. The van der Waals surface area contributed by atoms with E-state index in [2.05, 4.69) is 0 Å². The highest BCUT2D eigenvalue weighted by Crippen LogP contribution is 2.36. The molecule has 6 heteroatoms. The summed E-state index contributed by atoms with van der Waals surface area (Å²) in [5.41, 5.74) is -0.989. The fourth-order valence-electron chi connectivity index (χ4n) is 2.88. The largest absolute Gasteiger partial charge is 0.463 e. The van der Waals surface area contributed by atoms with Gasteiger partial charge < -0.3 is 14.2 Å². The SMILES string of the molecule is CCCCOC(=O)C(C)OC(=O)C(OC(=O)CC)(c1ccccc1)c1ccccc1. The minimum absolute atomic E-state index is 0.0727. The standard InChI is InChI=1S/C24H28O6/c1-4-6-17-28-22(26)18(3)29-23(27)24(30-21(25)5-2,19-13-9-7-10-14-19)20-15-11-8-12-16-20/h7-16,18H,4-6,17H2,1-3H3. The molecule has 0 aliphatic rings. The van der Waals surface area contributed by atoms with E-state index in [4.69, 9.17) is 14.2 Å². The number of rotatable bonds is 10. The van der Waals surface area contributed by atoms with Gasteiger partial charge in [-0.3, -0.25) is 4.79 Å². The van der Waals surface area contributed by atoms with E-state index < -0.39 is 29.6 Å². The zero-order valence-electron chi connectivity index (χ0n) is 17.6. The fraction of sp³-hybridized carbons (Fsp3) is 0.375. The van der Waals surface area contributed by atoms with Gasteiger partial charge in [-0.15, -0.1) is 0 Å². The Kier molecular flexibility index (Phi) is 8.59. The van der Waals surface area contributed by atoms with Gasteiger partial charge in [0.15, 0.2) is 6.10 Å². The first-order valence-electron chi connectivity index (χ1n) is 10.2. The van der Waals surface area contributed by atoms with E-state index in [0.717, 1.165) is 12.8 Å². The van der Waals surface area contributed by atoms with Crippen LogP contribution in [0.1, 0.15) is 51.2 Å². The fourth-order valence-corrected chi connectivity index (χ4v) is 2.88. The Bertz CT molecular complexity index is 792. The van der Waals surface area contributed by atoms with Gasteiger partial charge in [0.1, 0.15) is 0 Å². The lowest BCUT2D eigenvalue weighted by Crippen LogP contribution is -2.45. The minimum Gasteiger partial charge on any atom is -0.463 e. The second-order valence-corrected chi connectivity index (χ2v) is 6.81. The molecule has 160 valence electrons. The van der Waals surface area contributed by atoms with Crippen LogP contribution in [-0.2, 0) is 34.2 Å². The van der Waals surface area contributed by atoms with Gasteiger partial charge in [0.2, 0.25) is 0 Å². The van der Waals surface area contributed by atoms with Gasteiger partial charge >= 0.3 is 17.9 Å². The topological polar surface area (TPSA) is 78.9 Å². The summed E-state index contributed by atoms with van der Waals surface area (Å²) in [6.45, 7) is 5.31. The molecular weight excluding hydrogens is 384 g/mol. The molecule has 2 rings (SSSR count). The molecule has 0 bridgehead atoms. The maximum atomic E-state index is 13.5. The normalized spacial score (nSPS) is 12.0. The van der Waals surface area contributed by atoms with Gasteiger partial charge in [0.25, 0.3) is 5.60 Å². The molecule has 0 saturated heterocycles. The molecule has 30 heavy (non-hydrogen) atoms. The minimum atomic E-state index is -1.84. The van der Waals surface area contributed by atoms with Crippen molar-refractivity contribution in [1.82, 2.24) is 0 Å². The number of esters is 3. The van der Waals surface area contributed by atoms with Crippen molar-refractivity contribution in [3.05, 3.63) is 71.8 Å². The molecule has 0 heterocycles. The highest BCUT2D eigenvalue weighted by Gasteiger charge is 2.48. The second-order valence-electron chi connectivity index (χ2n) is 6.81. The summed E-state index contributed by atoms with van der Waals surface area (Å²) in [5, 5.41) is 0. The summed E-state index contributed by atoms with van der Waals surface area (Å²) in [7, 11) is 0. The van der Waals surface area contributed by atoms with E-state index in [0.29, 0.717) is 11.1 Å². The molecule has 6 nitrogen and oxygen atoms in total. The van der Waals surface area contributed by atoms with Crippen molar-refractivity contribution in [2.75, 3.05) is 6.61 Å². The summed E-state index contributed by atoms with van der Waals surface area (Å²) in [6.07, 6.45) is 0.517. The maximum Gasteiger partial charge on any atom is 0.361 e. The van der Waals surface area contributed by atoms with Gasteiger partial charge in [-0.25, -0.2) is 9.59 Å². The highest BCUT2D eigenvalue weighted by molar-refractivity contribution is 5.90. The lowest BCUT2D eigenvalue weighted by molar-refractivity contribution is -0.187. The Balaban J connectivity index is 2.45. The quantitative estimate of drug-likeness (QED) is 0.331. The van der Waals surface area contributed by atoms with Crippen molar-refractivity contribution in [2.45, 2.75) is 51.7 Å². The average molecular weight is 412 g/mol. The third-order valence-corrected chi connectivity index (χ3v) is 4.56. The Labute approximate surface area is 177 Å². The van der Waals surface area contributed by atoms with Crippen LogP contribution in [0.2, 0.25) is 0 Å². The summed E-state index contributed by atoms with van der Waals surface area (Å²) in [5.74, 6) is -2.08. The monoisotopic (exact) mass is 412 g/mol. The number of carbonyl (C=O) groups is 3. The number of unbranched alkanes of at least 4 members (excludes halogenated alkanes) is 1. The molecule has 1 unspecified atom stereocenters. The number of ether oxygens (including phenoxy) is 3. The molecule has 0 fully saturated rings. The zero-order chi connectivity index (χ0) is 22.0. The Morgan fingerprint density at radius 1 is 0.900 bits per heavy atom. The van der Waals surface area contributed by atoms with Crippen LogP contribution in [0.15, 0.2) is 60.7 Å². The molecule has 2 aromatic rings. The Morgan fingerprint density at radius 3 is 1.90 bits per heavy atom. The lowest BCUT2D eigenvalue weighted by Gasteiger charge is -2.32. The van der Waals surface area contributed by atoms with E-state index in [1.165, 1.54) is 6.92 Å². The summed E-state index contributed by atoms with van der Waals surface area (Å²) in [4.78, 5) is 38.0. The average Bonchev–Trinajstić information content (AvgIpc) is 2.78. The molecule has 0 amide bonds. The van der Waals surface area contributed by atoms with E-state index in [-0.39, 0.29) is 13.0 Å². The molecule has 0 radical (unpaired) electrons. The van der Waals surface area contributed by atoms with Crippen LogP contribution in [0.25, 0.3) is 0 Å². The van der Waals surface area contributed by atoms with Gasteiger partial charge in [-0.2, -0.15) is 0 Å². The third kappa shape index (κ3) is 5.47. The van der Waals surface area contributed by atoms with Crippen LogP contribution in [0.4, 0.5) is 0 Å².